The van der Waals surface area contributed by atoms with Crippen molar-refractivity contribution >= 4 is 11.7 Å². The average molecular weight is 488 g/mol. The van der Waals surface area contributed by atoms with Crippen LogP contribution >= 0.6 is 0 Å². The number of aromatic nitrogens is 2. The monoisotopic (exact) mass is 488 g/mol. The van der Waals surface area contributed by atoms with Crippen LogP contribution in [0.3, 0.4) is 0 Å². The number of hydrogen-bond donors (Lipinski definition) is 0. The molecule has 1 amide bonds. The van der Waals surface area contributed by atoms with Crippen molar-refractivity contribution in [2.75, 3.05) is 19.7 Å². The summed E-state index contributed by atoms with van der Waals surface area (Å²) < 4.78 is 61.6. The second kappa shape index (κ2) is 8.53. The predicted molar refractivity (Wildman–Crippen MR) is 114 cm³/mol. The first kappa shape index (κ1) is 24.5. The Kier molecular flexibility index (Phi) is 5.97. The second-order valence-corrected chi connectivity index (χ2v) is 9.15. The molecule has 1 spiro atoms. The zero-order valence-electron chi connectivity index (χ0n) is 18.8. The molecule has 1 aliphatic heterocycles. The average Bonchev–Trinajstić information content (AvgIpc) is 2.80. The zero-order valence-corrected chi connectivity index (χ0v) is 18.8. The maximum absolute atomic E-state index is 14.9. The van der Waals surface area contributed by atoms with Gasteiger partial charge in [-0.25, -0.2) is 14.4 Å². The molecule has 1 aromatic carbocycles. The Bertz CT molecular complexity index is 1270. The molecule has 0 bridgehead atoms. The van der Waals surface area contributed by atoms with Crippen molar-refractivity contribution in [3.63, 3.8) is 0 Å². The van der Waals surface area contributed by atoms with Gasteiger partial charge in [-0.15, -0.1) is 0 Å². The summed E-state index contributed by atoms with van der Waals surface area (Å²) in [5.74, 6) is -2.84. The van der Waals surface area contributed by atoms with Crippen LogP contribution in [0.1, 0.15) is 36.2 Å². The number of hydrogen-bond acceptors (Lipinski definition) is 6. The normalized spacial score (nSPS) is 22.0. The van der Waals surface area contributed by atoms with E-state index in [1.54, 1.807) is 13.8 Å². The number of alkyl halides is 3. The molecule has 1 unspecified atom stereocenters. The van der Waals surface area contributed by atoms with E-state index in [2.05, 4.69) is 9.97 Å². The second-order valence-electron chi connectivity index (χ2n) is 9.15. The van der Waals surface area contributed by atoms with Gasteiger partial charge in [0.05, 0.1) is 29.9 Å². The van der Waals surface area contributed by atoms with Crippen LogP contribution in [-0.2, 0) is 15.7 Å². The van der Waals surface area contributed by atoms with Crippen LogP contribution in [0.25, 0.3) is 11.4 Å². The maximum Gasteiger partial charge on any atom is 0.417 e. The Morgan fingerprint density at radius 2 is 1.91 bits per heavy atom. The van der Waals surface area contributed by atoms with Crippen LogP contribution < -0.4 is 0 Å². The molecule has 2 aliphatic rings. The van der Waals surface area contributed by atoms with Crippen molar-refractivity contribution in [1.82, 2.24) is 14.9 Å². The lowest BCUT2D eigenvalue weighted by Gasteiger charge is -2.46. The van der Waals surface area contributed by atoms with E-state index in [0.717, 1.165) is 6.07 Å². The molecule has 1 saturated heterocycles. The first-order valence-corrected chi connectivity index (χ1v) is 10.7. The molecule has 1 fully saturated rings. The van der Waals surface area contributed by atoms with E-state index < -0.39 is 45.6 Å². The topological polar surface area (TPSA) is 96.2 Å². The van der Waals surface area contributed by atoms with E-state index in [1.165, 1.54) is 29.4 Å². The minimum absolute atomic E-state index is 0.0299. The Hall–Kier alpha value is -3.65. The quantitative estimate of drug-likeness (QED) is 0.594. The van der Waals surface area contributed by atoms with Crippen molar-refractivity contribution in [2.24, 2.45) is 5.41 Å². The van der Waals surface area contributed by atoms with E-state index in [1.807, 2.05) is 6.07 Å². The number of halogens is 4. The lowest BCUT2D eigenvalue weighted by molar-refractivity contribution is -0.137. The Labute approximate surface area is 198 Å². The molecular formula is C24H20F4N4O3. The number of allylic oxidation sites excluding steroid dienone is 1. The van der Waals surface area contributed by atoms with Gasteiger partial charge in [-0.1, -0.05) is 13.8 Å². The first-order valence-electron chi connectivity index (χ1n) is 10.7. The van der Waals surface area contributed by atoms with Crippen LogP contribution in [0.2, 0.25) is 0 Å². The number of morpholine rings is 1. The number of carbonyl (C=O) groups is 2. The summed E-state index contributed by atoms with van der Waals surface area (Å²) in [7, 11) is 0. The fraction of sp³-hybridized carbons (Fsp3) is 0.375. The number of Topliss-reactive ketones (excluding diaryl/α,β-unsaturated/α-hetero) is 1. The van der Waals surface area contributed by atoms with Crippen molar-refractivity contribution in [3.05, 3.63) is 59.2 Å². The number of benzene rings is 1. The van der Waals surface area contributed by atoms with Crippen LogP contribution in [-0.4, -0.2) is 51.9 Å². The highest BCUT2D eigenvalue weighted by atomic mass is 19.4. The van der Waals surface area contributed by atoms with Gasteiger partial charge in [-0.2, -0.15) is 18.4 Å². The van der Waals surface area contributed by atoms with Crippen LogP contribution in [0.15, 0.2) is 42.2 Å². The molecule has 0 saturated carbocycles. The number of rotatable bonds is 2. The lowest BCUT2D eigenvalue weighted by atomic mass is 9.69. The molecular weight excluding hydrogens is 468 g/mol. The third-order valence-electron chi connectivity index (χ3n) is 6.07. The van der Waals surface area contributed by atoms with Gasteiger partial charge in [0.2, 0.25) is 0 Å². The summed E-state index contributed by atoms with van der Waals surface area (Å²) in [6.07, 6.45) is -0.869. The minimum atomic E-state index is -4.90. The van der Waals surface area contributed by atoms with Gasteiger partial charge in [0.15, 0.2) is 11.6 Å². The molecule has 0 N–H and O–H groups in total. The van der Waals surface area contributed by atoms with Gasteiger partial charge in [0, 0.05) is 29.9 Å². The summed E-state index contributed by atoms with van der Waals surface area (Å²) in [5, 5.41) is 9.40. The third kappa shape index (κ3) is 4.53. The molecule has 1 atom stereocenters. The fourth-order valence-electron chi connectivity index (χ4n) is 4.60. The van der Waals surface area contributed by atoms with Crippen molar-refractivity contribution in [1.29, 1.82) is 5.26 Å². The Morgan fingerprint density at radius 3 is 2.54 bits per heavy atom. The molecule has 35 heavy (non-hydrogen) atoms. The standard InChI is InChI=1S/C24H20F4N4O3/c1-22(2)12-23(10-14(11-29)19(22)33)13-32(6-7-35-23)21(34)16-8-15(20-30-4-3-5-31-20)17(9-18(16)25)24(26,27)28/h3-5,8-10H,6-7,12-13H2,1-2H3. The number of ketones is 1. The molecule has 1 aliphatic carbocycles. The minimum Gasteiger partial charge on any atom is -0.367 e. The molecule has 182 valence electrons. The number of ether oxygens (including phenoxy) is 1. The Morgan fingerprint density at radius 1 is 1.23 bits per heavy atom. The van der Waals surface area contributed by atoms with E-state index in [-0.39, 0.29) is 49.4 Å². The molecule has 7 nitrogen and oxygen atoms in total. The summed E-state index contributed by atoms with van der Waals surface area (Å²) in [6.45, 7) is 3.29. The van der Waals surface area contributed by atoms with E-state index in [9.17, 15) is 32.4 Å². The summed E-state index contributed by atoms with van der Waals surface area (Å²) in [5.41, 5.74) is -4.60. The number of nitriles is 1. The first-order chi connectivity index (χ1) is 16.4. The van der Waals surface area contributed by atoms with E-state index >= 15 is 0 Å². The van der Waals surface area contributed by atoms with Gasteiger partial charge < -0.3 is 9.64 Å². The lowest BCUT2D eigenvalue weighted by Crippen LogP contribution is -2.57. The van der Waals surface area contributed by atoms with Gasteiger partial charge in [0.1, 0.15) is 17.5 Å². The smallest absolute Gasteiger partial charge is 0.367 e. The maximum atomic E-state index is 14.9. The fourth-order valence-corrected chi connectivity index (χ4v) is 4.60. The highest BCUT2D eigenvalue weighted by Crippen LogP contribution is 2.42. The molecule has 2 aromatic rings. The largest absolute Gasteiger partial charge is 0.417 e. The van der Waals surface area contributed by atoms with Gasteiger partial charge in [-0.05, 0) is 30.7 Å². The SMILES string of the molecule is CC1(C)CC2(C=C(C#N)C1=O)CN(C(=O)c1cc(-c3ncccn3)c(C(F)(F)F)cc1F)CCO2. The number of amides is 1. The van der Waals surface area contributed by atoms with Gasteiger partial charge in [0.25, 0.3) is 5.91 Å². The molecule has 2 heterocycles. The third-order valence-corrected chi connectivity index (χ3v) is 6.07. The van der Waals surface area contributed by atoms with Crippen LogP contribution in [0.4, 0.5) is 17.6 Å². The van der Waals surface area contributed by atoms with Crippen molar-refractivity contribution in [3.8, 4) is 17.5 Å². The van der Waals surface area contributed by atoms with E-state index in [4.69, 9.17) is 4.74 Å². The van der Waals surface area contributed by atoms with Crippen LogP contribution in [0.5, 0.6) is 0 Å². The van der Waals surface area contributed by atoms with Gasteiger partial charge >= 0.3 is 6.18 Å². The highest BCUT2D eigenvalue weighted by molar-refractivity contribution is 6.04. The molecule has 11 heteroatoms. The summed E-state index contributed by atoms with van der Waals surface area (Å²) >= 11 is 0. The number of carbonyl (C=O) groups excluding carboxylic acids is 2. The highest BCUT2D eigenvalue weighted by Gasteiger charge is 2.49. The molecule has 1 aromatic heterocycles. The van der Waals surface area contributed by atoms with Gasteiger partial charge in [-0.3, -0.25) is 9.59 Å². The van der Waals surface area contributed by atoms with E-state index in [0.29, 0.717) is 0 Å². The summed E-state index contributed by atoms with van der Waals surface area (Å²) in [6, 6.07) is 4.35. The Balaban J connectivity index is 1.74. The van der Waals surface area contributed by atoms with Crippen molar-refractivity contribution < 1.29 is 31.9 Å². The molecule has 0 radical (unpaired) electrons. The number of nitrogens with zero attached hydrogens (tertiary/aromatic N) is 4. The molecule has 4 rings (SSSR count). The zero-order chi connectivity index (χ0) is 25.6. The van der Waals surface area contributed by atoms with Crippen molar-refractivity contribution in [2.45, 2.75) is 32.0 Å². The predicted octanol–water partition coefficient (Wildman–Crippen LogP) is 3.96. The summed E-state index contributed by atoms with van der Waals surface area (Å²) in [4.78, 5) is 34.7. The van der Waals surface area contributed by atoms with Crippen LogP contribution in [0, 0.1) is 22.6 Å².